The minimum Gasteiger partial charge on any atom is -0.368 e. The average molecular weight is 367 g/mol. The maximum absolute atomic E-state index is 13.1. The van der Waals surface area contributed by atoms with E-state index in [9.17, 15) is 13.2 Å². The molecule has 0 radical (unpaired) electrons. The van der Waals surface area contributed by atoms with Crippen LogP contribution in [0, 0.1) is 0 Å². The van der Waals surface area contributed by atoms with Crippen molar-refractivity contribution in [3.63, 3.8) is 0 Å². The third-order valence-electron chi connectivity index (χ3n) is 4.63. The van der Waals surface area contributed by atoms with Gasteiger partial charge in [0, 0.05) is 58.6 Å². The molecule has 2 saturated heterocycles. The van der Waals surface area contributed by atoms with Gasteiger partial charge in [-0.3, -0.25) is 15.2 Å². The molecule has 25 heavy (non-hydrogen) atoms. The predicted molar refractivity (Wildman–Crippen MR) is 94.4 cm³/mol. The van der Waals surface area contributed by atoms with Gasteiger partial charge in [0.05, 0.1) is 5.69 Å². The zero-order valence-electron chi connectivity index (χ0n) is 14.5. The van der Waals surface area contributed by atoms with Gasteiger partial charge in [-0.25, -0.2) is 13.4 Å². The van der Waals surface area contributed by atoms with Crippen molar-refractivity contribution in [3.8, 4) is 0 Å². The fraction of sp³-hybridized carbons (Fsp3) is 0.625. The molecule has 3 rings (SSSR count). The molecule has 3 heterocycles. The van der Waals surface area contributed by atoms with Crippen molar-refractivity contribution < 1.29 is 13.2 Å². The summed E-state index contributed by atoms with van der Waals surface area (Å²) < 4.78 is 27.7. The van der Waals surface area contributed by atoms with Crippen molar-refractivity contribution in [1.82, 2.24) is 19.7 Å². The molecule has 1 amide bonds. The molecule has 0 unspecified atom stereocenters. The number of nitrogens with zero attached hydrogens (tertiary/aromatic N) is 4. The van der Waals surface area contributed by atoms with E-state index in [1.54, 1.807) is 16.6 Å². The van der Waals surface area contributed by atoms with Crippen LogP contribution in [0.1, 0.15) is 26.2 Å². The van der Waals surface area contributed by atoms with Gasteiger partial charge in [0.25, 0.3) is 0 Å². The van der Waals surface area contributed by atoms with Crippen molar-refractivity contribution in [2.45, 2.75) is 31.1 Å². The van der Waals surface area contributed by atoms with Gasteiger partial charge >= 0.3 is 0 Å². The molecule has 0 aromatic carbocycles. The van der Waals surface area contributed by atoms with Gasteiger partial charge in [0.1, 0.15) is 4.90 Å². The van der Waals surface area contributed by atoms with Crippen LogP contribution in [0.25, 0.3) is 0 Å². The van der Waals surface area contributed by atoms with E-state index in [0.717, 1.165) is 19.3 Å². The summed E-state index contributed by atoms with van der Waals surface area (Å²) in [4.78, 5) is 17.6. The summed E-state index contributed by atoms with van der Waals surface area (Å²) in [6, 6.07) is 1.77. The molecule has 8 nitrogen and oxygen atoms in total. The van der Waals surface area contributed by atoms with Crippen molar-refractivity contribution in [2.24, 2.45) is 0 Å². The summed E-state index contributed by atoms with van der Waals surface area (Å²) in [5.41, 5.74) is 3.48. The predicted octanol–water partition coefficient (Wildman–Crippen LogP) is 0.429. The highest BCUT2D eigenvalue weighted by Crippen LogP contribution is 2.29. The fourth-order valence-electron chi connectivity index (χ4n) is 3.36. The van der Waals surface area contributed by atoms with Gasteiger partial charge in [-0.15, -0.1) is 0 Å². The smallest absolute Gasteiger partial charge is 0.246 e. The van der Waals surface area contributed by atoms with E-state index < -0.39 is 10.0 Å². The first-order valence-corrected chi connectivity index (χ1v) is 10.1. The second-order valence-corrected chi connectivity index (χ2v) is 8.36. The summed E-state index contributed by atoms with van der Waals surface area (Å²) in [6.45, 7) is 5.22. The van der Waals surface area contributed by atoms with Crippen molar-refractivity contribution in [2.75, 3.05) is 44.2 Å². The normalized spacial score (nSPS) is 20.4. The Morgan fingerprint density at radius 2 is 1.76 bits per heavy atom. The van der Waals surface area contributed by atoms with Crippen LogP contribution in [0.4, 0.5) is 5.69 Å². The Kier molecular flexibility index (Phi) is 5.55. The van der Waals surface area contributed by atoms with Crippen LogP contribution in [0.5, 0.6) is 0 Å². The molecule has 138 valence electrons. The van der Waals surface area contributed by atoms with Crippen LogP contribution < -0.4 is 10.3 Å². The number of aromatic nitrogens is 1. The van der Waals surface area contributed by atoms with Gasteiger partial charge in [-0.05, 0) is 18.9 Å². The topological polar surface area (TPSA) is 85.9 Å². The molecule has 9 heteroatoms. The number of hydrogen-bond acceptors (Lipinski definition) is 6. The maximum atomic E-state index is 13.1. The molecular formula is C16H25N5O3S. The van der Waals surface area contributed by atoms with E-state index in [4.69, 9.17) is 0 Å². The minimum atomic E-state index is -3.53. The summed E-state index contributed by atoms with van der Waals surface area (Å²) in [5.74, 6) is -0.0919. The van der Waals surface area contributed by atoms with Crippen LogP contribution in [-0.2, 0) is 14.8 Å². The highest BCUT2D eigenvalue weighted by Gasteiger charge is 2.30. The van der Waals surface area contributed by atoms with Gasteiger partial charge in [0.2, 0.25) is 15.9 Å². The number of hydrazine groups is 1. The van der Waals surface area contributed by atoms with Gasteiger partial charge in [-0.1, -0.05) is 6.42 Å². The zero-order chi connectivity index (χ0) is 17.9. The molecule has 2 aliphatic heterocycles. The van der Waals surface area contributed by atoms with Crippen LogP contribution in [-0.4, -0.2) is 67.9 Å². The Bertz CT molecular complexity index is 710. The minimum absolute atomic E-state index is 0.0919. The first kappa shape index (κ1) is 18.1. The summed E-state index contributed by atoms with van der Waals surface area (Å²) in [7, 11) is -3.53. The lowest BCUT2D eigenvalue weighted by Crippen LogP contribution is -2.53. The molecule has 0 spiro atoms. The number of nitrogens with one attached hydrogen (secondary N) is 1. The van der Waals surface area contributed by atoms with Crippen molar-refractivity contribution >= 4 is 21.6 Å². The second kappa shape index (κ2) is 7.67. The number of amides is 1. The Labute approximate surface area is 148 Å². The molecule has 0 aliphatic carbocycles. The summed E-state index contributed by atoms with van der Waals surface area (Å²) in [6.07, 6.45) is 5.98. The average Bonchev–Trinajstić information content (AvgIpc) is 2.63. The van der Waals surface area contributed by atoms with E-state index in [0.29, 0.717) is 45.0 Å². The molecule has 2 aliphatic rings. The lowest BCUT2D eigenvalue weighted by atomic mass is 10.2. The summed E-state index contributed by atoms with van der Waals surface area (Å²) in [5, 5.41) is 1.86. The summed E-state index contributed by atoms with van der Waals surface area (Å²) >= 11 is 0. The van der Waals surface area contributed by atoms with Gasteiger partial charge < -0.3 is 4.90 Å². The maximum Gasteiger partial charge on any atom is 0.246 e. The molecular weight excluding hydrogens is 342 g/mol. The lowest BCUT2D eigenvalue weighted by Gasteiger charge is -2.37. The highest BCUT2D eigenvalue weighted by atomic mass is 32.2. The SMILES string of the molecule is CC(=O)NN1CCN(c2ccncc2S(=O)(=O)N2CCCCC2)CC1. The van der Waals surface area contributed by atoms with Crippen molar-refractivity contribution in [1.29, 1.82) is 0 Å². The van der Waals surface area contributed by atoms with E-state index in [1.807, 2.05) is 5.01 Å². The van der Waals surface area contributed by atoms with E-state index in [-0.39, 0.29) is 10.8 Å². The van der Waals surface area contributed by atoms with Crippen LogP contribution in [0.3, 0.4) is 0 Å². The van der Waals surface area contributed by atoms with Gasteiger partial charge in [-0.2, -0.15) is 4.31 Å². The van der Waals surface area contributed by atoms with E-state index in [2.05, 4.69) is 15.3 Å². The number of piperidine rings is 1. The molecule has 1 aromatic rings. The molecule has 0 saturated carbocycles. The fourth-order valence-corrected chi connectivity index (χ4v) is 5.03. The van der Waals surface area contributed by atoms with Crippen LogP contribution >= 0.6 is 0 Å². The Morgan fingerprint density at radius 3 is 2.40 bits per heavy atom. The quantitative estimate of drug-likeness (QED) is 0.831. The lowest BCUT2D eigenvalue weighted by molar-refractivity contribution is -0.123. The number of pyridine rings is 1. The number of carbonyl (C=O) groups is 1. The second-order valence-electron chi connectivity index (χ2n) is 6.45. The standard InChI is InChI=1S/C16H25N5O3S/c1-14(22)18-20-11-9-19(10-12-20)15-5-6-17-13-16(15)25(23,24)21-7-3-2-4-8-21/h5-6,13H,2-4,7-12H2,1H3,(H,18,22). The number of anilines is 1. The first-order chi connectivity index (χ1) is 12.0. The third kappa shape index (κ3) is 4.10. The van der Waals surface area contributed by atoms with Gasteiger partial charge in [0.15, 0.2) is 0 Å². The Balaban J connectivity index is 1.79. The third-order valence-corrected chi connectivity index (χ3v) is 6.55. The van der Waals surface area contributed by atoms with Crippen LogP contribution in [0.2, 0.25) is 0 Å². The molecule has 2 fully saturated rings. The molecule has 1 aromatic heterocycles. The molecule has 0 atom stereocenters. The number of carbonyl (C=O) groups excluding carboxylic acids is 1. The number of rotatable bonds is 4. The Hall–Kier alpha value is -1.71. The Morgan fingerprint density at radius 1 is 1.08 bits per heavy atom. The molecule has 1 N–H and O–H groups in total. The molecule has 0 bridgehead atoms. The zero-order valence-corrected chi connectivity index (χ0v) is 15.3. The first-order valence-electron chi connectivity index (χ1n) is 8.70. The number of sulfonamides is 1. The monoisotopic (exact) mass is 367 g/mol. The van der Waals surface area contributed by atoms with E-state index >= 15 is 0 Å². The van der Waals surface area contributed by atoms with Crippen molar-refractivity contribution in [3.05, 3.63) is 18.5 Å². The van der Waals surface area contributed by atoms with Crippen LogP contribution in [0.15, 0.2) is 23.4 Å². The van der Waals surface area contributed by atoms with E-state index in [1.165, 1.54) is 13.1 Å². The largest absolute Gasteiger partial charge is 0.368 e. The number of hydrogen-bond donors (Lipinski definition) is 1. The highest BCUT2D eigenvalue weighted by molar-refractivity contribution is 7.89. The number of piperazine rings is 1.